The van der Waals surface area contributed by atoms with Crippen LogP contribution in [-0.2, 0) is 0 Å². The van der Waals surface area contributed by atoms with Gasteiger partial charge >= 0.3 is 11.4 Å². The molecule has 0 N–H and O–H groups in total. The van der Waals surface area contributed by atoms with Crippen molar-refractivity contribution >= 4 is 11.4 Å². The zero-order chi connectivity index (χ0) is 12.4. The molecule has 0 spiro atoms. The van der Waals surface area contributed by atoms with Gasteiger partial charge in [-0.15, -0.1) is 0 Å². The summed E-state index contributed by atoms with van der Waals surface area (Å²) >= 11 is 0. The van der Waals surface area contributed by atoms with E-state index < -0.39 is 21.2 Å². The summed E-state index contributed by atoms with van der Waals surface area (Å²) in [7, 11) is 0. The van der Waals surface area contributed by atoms with Crippen LogP contribution in [0.25, 0.3) is 5.69 Å². The molecule has 0 bridgehead atoms. The Hall–Kier alpha value is -2.84. The first-order chi connectivity index (χ1) is 8.11. The fraction of sp³-hybridized carbons (Fsp3) is 0. The summed E-state index contributed by atoms with van der Waals surface area (Å²) in [4.78, 5) is 23.8. The van der Waals surface area contributed by atoms with E-state index in [1.54, 1.807) is 0 Å². The molecule has 86 valence electrons. The van der Waals surface area contributed by atoms with Crippen molar-refractivity contribution in [3.8, 4) is 5.69 Å². The molecule has 1 aromatic carbocycles. The van der Waals surface area contributed by atoms with Gasteiger partial charge in [0.25, 0.3) is 0 Å². The van der Waals surface area contributed by atoms with Gasteiger partial charge in [-0.1, -0.05) is 0 Å². The van der Waals surface area contributed by atoms with Gasteiger partial charge in [0, 0.05) is 12.1 Å². The lowest BCUT2D eigenvalue weighted by Crippen LogP contribution is -2.04. The highest BCUT2D eigenvalue weighted by Crippen LogP contribution is 2.30. The third kappa shape index (κ3) is 1.80. The number of nitrogens with zero attached hydrogens (tertiary/aromatic N) is 5. The summed E-state index contributed by atoms with van der Waals surface area (Å²) in [6.07, 6.45) is 2.30. The molecule has 1 aromatic heterocycles. The summed E-state index contributed by atoms with van der Waals surface area (Å²) in [6.45, 7) is 0. The molecule has 0 aliphatic rings. The Labute approximate surface area is 93.6 Å². The van der Waals surface area contributed by atoms with Gasteiger partial charge < -0.3 is 0 Å². The largest absolute Gasteiger partial charge is 0.302 e. The minimum atomic E-state index is -0.704. The molecular formula is C8H5N5O4. The maximum absolute atomic E-state index is 10.8. The molecular weight excluding hydrogens is 230 g/mol. The summed E-state index contributed by atoms with van der Waals surface area (Å²) in [5.74, 6) is 0. The van der Waals surface area contributed by atoms with Crippen molar-refractivity contribution in [2.24, 2.45) is 0 Å². The average molecular weight is 235 g/mol. The van der Waals surface area contributed by atoms with Gasteiger partial charge in [-0.05, 0) is 6.07 Å². The van der Waals surface area contributed by atoms with Gasteiger partial charge in [0.15, 0.2) is 0 Å². The van der Waals surface area contributed by atoms with Crippen LogP contribution in [0.2, 0.25) is 0 Å². The van der Waals surface area contributed by atoms with E-state index >= 15 is 0 Å². The van der Waals surface area contributed by atoms with Crippen LogP contribution in [0, 0.1) is 20.2 Å². The Morgan fingerprint density at radius 3 is 2.12 bits per heavy atom. The molecule has 0 unspecified atom stereocenters. The predicted octanol–water partition coefficient (Wildman–Crippen LogP) is 1.08. The highest BCUT2D eigenvalue weighted by atomic mass is 16.6. The lowest BCUT2D eigenvalue weighted by molar-refractivity contribution is -0.393. The Morgan fingerprint density at radius 2 is 1.71 bits per heavy atom. The second-order valence-electron chi connectivity index (χ2n) is 3.00. The normalized spacial score (nSPS) is 10.1. The molecule has 0 saturated carbocycles. The average Bonchev–Trinajstić information content (AvgIpc) is 2.80. The zero-order valence-electron chi connectivity index (χ0n) is 8.26. The second-order valence-corrected chi connectivity index (χ2v) is 3.00. The van der Waals surface area contributed by atoms with Gasteiger partial charge in [0.2, 0.25) is 5.69 Å². The molecule has 17 heavy (non-hydrogen) atoms. The monoisotopic (exact) mass is 235 g/mol. The lowest BCUT2D eigenvalue weighted by Gasteiger charge is -2.02. The minimum absolute atomic E-state index is 0.208. The van der Waals surface area contributed by atoms with Crippen molar-refractivity contribution in [1.82, 2.24) is 14.8 Å². The molecule has 2 rings (SSSR count). The van der Waals surface area contributed by atoms with Crippen molar-refractivity contribution in [2.45, 2.75) is 0 Å². The first-order valence-corrected chi connectivity index (χ1v) is 4.38. The molecule has 2 aromatic rings. The lowest BCUT2D eigenvalue weighted by atomic mass is 10.2. The van der Waals surface area contributed by atoms with Crippen LogP contribution in [0.1, 0.15) is 0 Å². The van der Waals surface area contributed by atoms with Crippen molar-refractivity contribution < 1.29 is 9.85 Å². The van der Waals surface area contributed by atoms with E-state index in [9.17, 15) is 20.2 Å². The molecule has 1 heterocycles. The van der Waals surface area contributed by atoms with E-state index in [1.165, 1.54) is 18.2 Å². The van der Waals surface area contributed by atoms with Gasteiger partial charge in [0.1, 0.15) is 12.7 Å². The highest BCUT2D eigenvalue weighted by molar-refractivity contribution is 5.64. The number of benzene rings is 1. The van der Waals surface area contributed by atoms with E-state index in [1.807, 2.05) is 0 Å². The van der Waals surface area contributed by atoms with E-state index in [4.69, 9.17) is 0 Å². The Morgan fingerprint density at radius 1 is 1.12 bits per heavy atom. The number of aromatic nitrogens is 3. The quantitative estimate of drug-likeness (QED) is 0.580. The van der Waals surface area contributed by atoms with Gasteiger partial charge in [-0.25, -0.2) is 9.67 Å². The molecule has 9 heteroatoms. The molecule has 0 aliphatic heterocycles. The highest BCUT2D eigenvalue weighted by Gasteiger charge is 2.26. The summed E-state index contributed by atoms with van der Waals surface area (Å²) in [5, 5.41) is 25.3. The van der Waals surface area contributed by atoms with Gasteiger partial charge in [-0.3, -0.25) is 20.2 Å². The standard InChI is InChI=1S/C8H5N5O4/c14-12(15)6-2-1-3-7(13(16)17)8(6)11-5-9-4-10-11/h1-5H. The molecule has 0 saturated heterocycles. The number of hydrogen-bond acceptors (Lipinski definition) is 6. The van der Waals surface area contributed by atoms with E-state index in [0.29, 0.717) is 0 Å². The first-order valence-electron chi connectivity index (χ1n) is 4.38. The van der Waals surface area contributed by atoms with Crippen LogP contribution in [0.5, 0.6) is 0 Å². The van der Waals surface area contributed by atoms with Crippen molar-refractivity contribution in [3.63, 3.8) is 0 Å². The van der Waals surface area contributed by atoms with Crippen LogP contribution in [0.4, 0.5) is 11.4 Å². The number of rotatable bonds is 3. The molecule has 0 radical (unpaired) electrons. The maximum Gasteiger partial charge on any atom is 0.302 e. The Kier molecular flexibility index (Phi) is 2.49. The maximum atomic E-state index is 10.8. The molecule has 0 amide bonds. The van der Waals surface area contributed by atoms with Crippen LogP contribution in [-0.4, -0.2) is 24.6 Å². The number of nitro benzene ring substituents is 2. The summed E-state index contributed by atoms with van der Waals surface area (Å²) in [5.41, 5.74) is -1.01. The summed E-state index contributed by atoms with van der Waals surface area (Å²) < 4.78 is 0.996. The minimum Gasteiger partial charge on any atom is -0.258 e. The fourth-order valence-corrected chi connectivity index (χ4v) is 1.37. The van der Waals surface area contributed by atoms with Gasteiger partial charge in [-0.2, -0.15) is 5.10 Å². The predicted molar refractivity (Wildman–Crippen MR) is 54.7 cm³/mol. The van der Waals surface area contributed by atoms with Crippen LogP contribution in [0.3, 0.4) is 0 Å². The van der Waals surface area contributed by atoms with Crippen molar-refractivity contribution in [1.29, 1.82) is 0 Å². The molecule has 9 nitrogen and oxygen atoms in total. The smallest absolute Gasteiger partial charge is 0.258 e. The molecule has 0 aliphatic carbocycles. The molecule has 0 fully saturated rings. The first kappa shape index (κ1) is 10.7. The number of nitro groups is 2. The zero-order valence-corrected chi connectivity index (χ0v) is 8.26. The van der Waals surface area contributed by atoms with E-state index in [-0.39, 0.29) is 5.69 Å². The third-order valence-electron chi connectivity index (χ3n) is 2.03. The number of hydrogen-bond donors (Lipinski definition) is 0. The Balaban J connectivity index is 2.76. The van der Waals surface area contributed by atoms with E-state index in [2.05, 4.69) is 10.1 Å². The van der Waals surface area contributed by atoms with Crippen LogP contribution in [0.15, 0.2) is 30.9 Å². The fourth-order valence-electron chi connectivity index (χ4n) is 1.37. The third-order valence-corrected chi connectivity index (χ3v) is 2.03. The van der Waals surface area contributed by atoms with Crippen molar-refractivity contribution in [3.05, 3.63) is 51.1 Å². The Bertz CT molecular complexity index is 547. The number of para-hydroxylation sites is 1. The molecule has 0 atom stereocenters. The van der Waals surface area contributed by atoms with Gasteiger partial charge in [0.05, 0.1) is 9.85 Å². The van der Waals surface area contributed by atoms with E-state index in [0.717, 1.165) is 17.3 Å². The van der Waals surface area contributed by atoms with Crippen molar-refractivity contribution in [2.75, 3.05) is 0 Å². The van der Waals surface area contributed by atoms with Crippen LogP contribution < -0.4 is 0 Å². The topological polar surface area (TPSA) is 117 Å². The summed E-state index contributed by atoms with van der Waals surface area (Å²) in [6, 6.07) is 3.59. The second kappa shape index (κ2) is 3.96. The van der Waals surface area contributed by atoms with Crippen LogP contribution >= 0.6 is 0 Å². The SMILES string of the molecule is O=[N+]([O-])c1cccc([N+](=O)[O-])c1-n1cncn1.